The number of carbonyl (C=O) groups is 1. The number of phenolic OH excluding ortho intramolecular Hbond substituents is 1. The lowest BCUT2D eigenvalue weighted by Crippen LogP contribution is -2.45. The predicted octanol–water partition coefficient (Wildman–Crippen LogP) is 5.61. The second-order valence-corrected chi connectivity index (χ2v) is 12.6. The first-order valence-corrected chi connectivity index (χ1v) is 16.6. The van der Waals surface area contributed by atoms with E-state index in [2.05, 4.69) is 21.2 Å². The van der Waals surface area contributed by atoms with Crippen LogP contribution in [0, 0.1) is 34.4 Å². The molecule has 2 aliphatic heterocycles. The number of aromatic nitrogens is 1. The van der Waals surface area contributed by atoms with Crippen molar-refractivity contribution in [1.82, 2.24) is 15.8 Å². The van der Waals surface area contributed by atoms with E-state index in [1.807, 2.05) is 18.2 Å². The van der Waals surface area contributed by atoms with Gasteiger partial charge >= 0.3 is 0 Å². The molecule has 50 heavy (non-hydrogen) atoms. The maximum absolute atomic E-state index is 14.9. The van der Waals surface area contributed by atoms with Crippen molar-refractivity contribution in [2.75, 3.05) is 49.6 Å². The van der Waals surface area contributed by atoms with Crippen LogP contribution in [0.1, 0.15) is 47.2 Å². The highest BCUT2D eigenvalue weighted by Gasteiger charge is 2.27. The summed E-state index contributed by atoms with van der Waals surface area (Å²) in [5, 5.41) is 42.6. The molecule has 2 fully saturated rings. The summed E-state index contributed by atoms with van der Waals surface area (Å²) in [5.74, 6) is 0.0944. The zero-order valence-electron chi connectivity index (χ0n) is 27.7. The number of amides is 1. The van der Waals surface area contributed by atoms with Crippen molar-refractivity contribution in [3.63, 3.8) is 0 Å². The number of ether oxygens (including phenoxy) is 1. The fourth-order valence-corrected chi connectivity index (χ4v) is 6.88. The number of anilines is 2. The Labute approximate surface area is 290 Å². The number of phenols is 1. The highest BCUT2D eigenvalue weighted by Crippen LogP contribution is 2.41. The van der Waals surface area contributed by atoms with Crippen molar-refractivity contribution in [2.24, 2.45) is 5.92 Å². The Morgan fingerprint density at radius 2 is 1.66 bits per heavy atom. The Bertz CT molecular complexity index is 1940. The zero-order chi connectivity index (χ0) is 35.2. The van der Waals surface area contributed by atoms with Crippen LogP contribution in [0.15, 0.2) is 66.9 Å². The van der Waals surface area contributed by atoms with Crippen LogP contribution in [0.2, 0.25) is 0 Å². The van der Waals surface area contributed by atoms with Crippen LogP contribution in [0.25, 0.3) is 22.3 Å². The van der Waals surface area contributed by atoms with E-state index in [0.29, 0.717) is 64.2 Å². The molecule has 0 bridgehead atoms. The van der Waals surface area contributed by atoms with Gasteiger partial charge in [0, 0.05) is 60.8 Å². The molecule has 0 spiro atoms. The largest absolute Gasteiger partial charge is 0.504 e. The Morgan fingerprint density at radius 3 is 2.30 bits per heavy atom. The summed E-state index contributed by atoms with van der Waals surface area (Å²) < 4.78 is 20.2. The Morgan fingerprint density at radius 1 is 0.960 bits per heavy atom. The van der Waals surface area contributed by atoms with Gasteiger partial charge in [0.2, 0.25) is 0 Å². The van der Waals surface area contributed by atoms with Crippen LogP contribution >= 0.6 is 0 Å². The third-order valence-corrected chi connectivity index (χ3v) is 9.74. The fraction of sp³-hybridized carbons (Fsp3) is 0.316. The molecule has 12 heteroatoms. The van der Waals surface area contributed by atoms with E-state index >= 15 is 0 Å². The number of hydrogen-bond donors (Lipinski definition) is 4. The van der Waals surface area contributed by atoms with E-state index in [-0.39, 0.29) is 17.1 Å². The van der Waals surface area contributed by atoms with Gasteiger partial charge in [-0.2, -0.15) is 10.5 Å². The minimum atomic E-state index is -0.678. The second kappa shape index (κ2) is 15.2. The molecule has 4 aromatic rings. The van der Waals surface area contributed by atoms with Crippen molar-refractivity contribution in [3.8, 4) is 45.9 Å². The molecule has 11 nitrogen and oxygen atoms in total. The summed E-state index contributed by atoms with van der Waals surface area (Å²) >= 11 is 0. The lowest BCUT2D eigenvalue weighted by atomic mass is 9.91. The van der Waals surface area contributed by atoms with Gasteiger partial charge in [-0.05, 0) is 97.8 Å². The summed E-state index contributed by atoms with van der Waals surface area (Å²) in [4.78, 5) is 20.8. The molecule has 1 aromatic heterocycles. The normalized spacial score (nSPS) is 15.3. The van der Waals surface area contributed by atoms with Gasteiger partial charge in [0.1, 0.15) is 29.3 Å². The Balaban J connectivity index is 1.13. The zero-order valence-corrected chi connectivity index (χ0v) is 27.7. The molecule has 0 aliphatic carbocycles. The van der Waals surface area contributed by atoms with Gasteiger partial charge in [-0.25, -0.2) is 14.9 Å². The predicted molar refractivity (Wildman–Crippen MR) is 187 cm³/mol. The molecule has 256 valence electrons. The van der Waals surface area contributed by atoms with Crippen LogP contribution in [0.4, 0.5) is 15.9 Å². The lowest BCUT2D eigenvalue weighted by molar-refractivity contribution is 0.0706. The minimum absolute atomic E-state index is 0.0341. The molecule has 6 rings (SSSR count). The average molecular weight is 676 g/mol. The van der Waals surface area contributed by atoms with E-state index in [9.17, 15) is 24.8 Å². The maximum atomic E-state index is 14.9. The van der Waals surface area contributed by atoms with E-state index in [1.165, 1.54) is 25.3 Å². The van der Waals surface area contributed by atoms with Gasteiger partial charge in [0.25, 0.3) is 5.91 Å². The lowest BCUT2D eigenvalue weighted by Gasteiger charge is -2.37. The van der Waals surface area contributed by atoms with Crippen molar-refractivity contribution in [1.29, 1.82) is 10.5 Å². The number of halogens is 1. The number of piperidine rings is 2. The van der Waals surface area contributed by atoms with Gasteiger partial charge < -0.3 is 25.0 Å². The minimum Gasteiger partial charge on any atom is -0.504 e. The molecule has 2 aliphatic rings. The fourth-order valence-electron chi connectivity index (χ4n) is 6.88. The number of nitrogens with zero attached hydrogens (tertiary/aromatic N) is 5. The average Bonchev–Trinajstić information content (AvgIpc) is 3.16. The maximum Gasteiger partial charge on any atom is 0.274 e. The quantitative estimate of drug-likeness (QED) is 0.130. The summed E-state index contributed by atoms with van der Waals surface area (Å²) in [5.41, 5.74) is 5.49. The molecular weight excluding hydrogens is 637 g/mol. The molecule has 0 radical (unpaired) electrons. The number of benzene rings is 3. The number of rotatable bonds is 9. The van der Waals surface area contributed by atoms with Crippen LogP contribution in [-0.4, -0.2) is 67.1 Å². The van der Waals surface area contributed by atoms with Crippen LogP contribution in [-0.2, 0) is 0 Å². The number of nitrogens with one attached hydrogen (secondary N) is 2. The number of methoxy groups -OCH3 is 1. The highest BCUT2D eigenvalue weighted by molar-refractivity contribution is 5.93. The number of aromatic hydroxyl groups is 1. The molecule has 2 saturated heterocycles. The van der Waals surface area contributed by atoms with Gasteiger partial charge in [0.15, 0.2) is 11.5 Å². The standard InChI is InChI=1S/C38H38FN7O4/c1-50-35-19-26(6-9-34(35)47)32-23-43-37(31(21-41)36(32)27-2-3-28(20-40)33(39)18-27)46-16-12-29(13-17-46)42-22-24-10-14-45(15-11-24)30-7-4-25(5-8-30)38(48)44-49/h2-9,18-19,23-24,29,42,47,49H,10-17,22H2,1H3,(H,44,48). The third kappa shape index (κ3) is 7.18. The van der Waals surface area contributed by atoms with Crippen LogP contribution < -0.4 is 25.3 Å². The molecule has 0 unspecified atom stereocenters. The molecule has 3 heterocycles. The first-order chi connectivity index (χ1) is 24.3. The SMILES string of the molecule is COc1cc(-c2cnc(N3CCC(NCC4CCN(c5ccc(C(=O)NO)cc5)CC4)CC3)c(C#N)c2-c2ccc(C#N)c(F)c2)ccc1O. The first-order valence-electron chi connectivity index (χ1n) is 16.6. The summed E-state index contributed by atoms with van der Waals surface area (Å²) in [6, 6.07) is 20.9. The molecule has 0 saturated carbocycles. The van der Waals surface area contributed by atoms with Crippen molar-refractivity contribution in [2.45, 2.75) is 31.7 Å². The molecule has 3 aromatic carbocycles. The highest BCUT2D eigenvalue weighted by atomic mass is 19.1. The molecule has 0 atom stereocenters. The van der Waals surface area contributed by atoms with Crippen molar-refractivity contribution >= 4 is 17.4 Å². The number of hydroxylamine groups is 1. The first kappa shape index (κ1) is 34.2. The third-order valence-electron chi connectivity index (χ3n) is 9.74. The number of pyridine rings is 1. The van der Waals surface area contributed by atoms with Gasteiger partial charge in [0.05, 0.1) is 12.7 Å². The Hall–Kier alpha value is -5.69. The summed E-state index contributed by atoms with van der Waals surface area (Å²) in [7, 11) is 1.45. The number of nitriles is 2. The van der Waals surface area contributed by atoms with Gasteiger partial charge in [-0.3, -0.25) is 10.0 Å². The van der Waals surface area contributed by atoms with E-state index in [0.717, 1.165) is 51.0 Å². The van der Waals surface area contributed by atoms with E-state index in [1.54, 1.807) is 42.0 Å². The molecule has 4 N–H and O–H groups in total. The van der Waals surface area contributed by atoms with Gasteiger partial charge in [-0.1, -0.05) is 12.1 Å². The van der Waals surface area contributed by atoms with Gasteiger partial charge in [-0.15, -0.1) is 0 Å². The van der Waals surface area contributed by atoms with Crippen molar-refractivity contribution in [3.05, 3.63) is 89.4 Å². The smallest absolute Gasteiger partial charge is 0.274 e. The number of hydrogen-bond acceptors (Lipinski definition) is 10. The van der Waals surface area contributed by atoms with Crippen LogP contribution in [0.5, 0.6) is 11.5 Å². The topological polar surface area (TPSA) is 158 Å². The van der Waals surface area contributed by atoms with E-state index in [4.69, 9.17) is 14.9 Å². The molecular formula is C38H38FN7O4. The second-order valence-electron chi connectivity index (χ2n) is 12.6. The van der Waals surface area contributed by atoms with Crippen molar-refractivity contribution < 1.29 is 24.2 Å². The summed E-state index contributed by atoms with van der Waals surface area (Å²) in [6.45, 7) is 4.16. The monoisotopic (exact) mass is 675 g/mol. The molecule has 1 amide bonds. The van der Waals surface area contributed by atoms with Crippen LogP contribution in [0.3, 0.4) is 0 Å². The Kier molecular flexibility index (Phi) is 10.4. The van der Waals surface area contributed by atoms with E-state index < -0.39 is 11.7 Å². The summed E-state index contributed by atoms with van der Waals surface area (Å²) in [6.07, 6.45) is 5.52. The number of carbonyl (C=O) groups excluding carboxylic acids is 1.